The predicted molar refractivity (Wildman–Crippen MR) is 82.3 cm³/mol. The molecule has 0 radical (unpaired) electrons. The summed E-state index contributed by atoms with van der Waals surface area (Å²) >= 11 is 0. The lowest BCUT2D eigenvalue weighted by molar-refractivity contribution is 0.389. The first-order valence-corrected chi connectivity index (χ1v) is 8.88. The number of sulfonamides is 1. The SMILES string of the molecule is Nc1ccc2[nH]cc(S(=O)(=O)N(CC3CC3)C3CC3)c2c1. The quantitative estimate of drug-likeness (QED) is 0.832. The van der Waals surface area contributed by atoms with Crippen LogP contribution in [0.4, 0.5) is 5.69 Å². The summed E-state index contributed by atoms with van der Waals surface area (Å²) in [5.41, 5.74) is 7.20. The zero-order chi connectivity index (χ0) is 14.6. The second-order valence-corrected chi connectivity index (χ2v) is 8.07. The first-order chi connectivity index (χ1) is 10.1. The lowest BCUT2D eigenvalue weighted by atomic mass is 10.2. The van der Waals surface area contributed by atoms with Gasteiger partial charge in [0, 0.05) is 35.4 Å². The van der Waals surface area contributed by atoms with E-state index in [9.17, 15) is 8.42 Å². The van der Waals surface area contributed by atoms with Gasteiger partial charge < -0.3 is 10.7 Å². The number of aromatic amines is 1. The number of nitrogens with two attached hydrogens (primary N) is 1. The maximum Gasteiger partial charge on any atom is 0.245 e. The minimum atomic E-state index is -3.45. The molecule has 1 aromatic heterocycles. The molecule has 2 fully saturated rings. The van der Waals surface area contributed by atoms with Crippen molar-refractivity contribution in [1.82, 2.24) is 9.29 Å². The van der Waals surface area contributed by atoms with Crippen molar-refractivity contribution in [3.05, 3.63) is 24.4 Å². The smallest absolute Gasteiger partial charge is 0.245 e. The molecule has 0 unspecified atom stereocenters. The van der Waals surface area contributed by atoms with Crippen LogP contribution in [0, 0.1) is 5.92 Å². The first-order valence-electron chi connectivity index (χ1n) is 7.44. The summed E-state index contributed by atoms with van der Waals surface area (Å²) in [7, 11) is -3.45. The van der Waals surface area contributed by atoms with E-state index >= 15 is 0 Å². The summed E-state index contributed by atoms with van der Waals surface area (Å²) in [6, 6.07) is 5.53. The van der Waals surface area contributed by atoms with Crippen molar-refractivity contribution in [2.75, 3.05) is 12.3 Å². The molecule has 21 heavy (non-hydrogen) atoms. The van der Waals surface area contributed by atoms with Gasteiger partial charge in [-0.3, -0.25) is 0 Å². The van der Waals surface area contributed by atoms with Crippen LogP contribution in [0.15, 0.2) is 29.3 Å². The number of anilines is 1. The molecule has 0 saturated heterocycles. The highest BCUT2D eigenvalue weighted by atomic mass is 32.2. The van der Waals surface area contributed by atoms with Gasteiger partial charge in [-0.25, -0.2) is 8.42 Å². The van der Waals surface area contributed by atoms with Gasteiger partial charge in [0.2, 0.25) is 10.0 Å². The number of benzene rings is 1. The van der Waals surface area contributed by atoms with Gasteiger partial charge in [0.15, 0.2) is 0 Å². The summed E-state index contributed by atoms with van der Waals surface area (Å²) in [4.78, 5) is 3.40. The molecule has 112 valence electrons. The maximum absolute atomic E-state index is 13.0. The molecule has 0 atom stereocenters. The summed E-state index contributed by atoms with van der Waals surface area (Å²) < 4.78 is 27.8. The van der Waals surface area contributed by atoms with Crippen LogP contribution in [0.2, 0.25) is 0 Å². The van der Waals surface area contributed by atoms with E-state index in [1.54, 1.807) is 22.6 Å². The minimum Gasteiger partial charge on any atom is -0.399 e. The highest BCUT2D eigenvalue weighted by Crippen LogP contribution is 2.39. The van der Waals surface area contributed by atoms with Gasteiger partial charge in [0.05, 0.1) is 0 Å². The Bertz CT molecular complexity index is 788. The van der Waals surface area contributed by atoms with Gasteiger partial charge in [-0.1, -0.05) is 0 Å². The molecule has 0 spiro atoms. The third-order valence-corrected chi connectivity index (χ3v) is 6.30. The molecule has 1 heterocycles. The molecule has 4 rings (SSSR count). The van der Waals surface area contributed by atoms with E-state index in [-0.39, 0.29) is 6.04 Å². The summed E-state index contributed by atoms with van der Waals surface area (Å²) in [6.07, 6.45) is 5.87. The molecule has 2 aliphatic carbocycles. The van der Waals surface area contributed by atoms with E-state index in [1.165, 1.54) is 0 Å². The molecule has 0 bridgehead atoms. The maximum atomic E-state index is 13.0. The van der Waals surface area contributed by atoms with Crippen molar-refractivity contribution in [3.63, 3.8) is 0 Å². The Morgan fingerprint density at radius 2 is 2.00 bits per heavy atom. The van der Waals surface area contributed by atoms with Crippen molar-refractivity contribution in [3.8, 4) is 0 Å². The normalized spacial score (nSPS) is 19.5. The topological polar surface area (TPSA) is 79.2 Å². The van der Waals surface area contributed by atoms with Gasteiger partial charge in [-0.2, -0.15) is 4.31 Å². The molecule has 3 N–H and O–H groups in total. The van der Waals surface area contributed by atoms with Crippen molar-refractivity contribution in [2.24, 2.45) is 5.92 Å². The number of nitrogen functional groups attached to an aromatic ring is 1. The number of H-pyrrole nitrogens is 1. The van der Waals surface area contributed by atoms with Crippen LogP contribution >= 0.6 is 0 Å². The highest BCUT2D eigenvalue weighted by Gasteiger charge is 2.41. The molecular weight excluding hydrogens is 286 g/mol. The van der Waals surface area contributed by atoms with Crippen LogP contribution in [-0.4, -0.2) is 30.3 Å². The van der Waals surface area contributed by atoms with Gasteiger partial charge >= 0.3 is 0 Å². The first kappa shape index (κ1) is 13.2. The zero-order valence-electron chi connectivity index (χ0n) is 11.7. The van der Waals surface area contributed by atoms with Crippen LogP contribution in [0.3, 0.4) is 0 Å². The number of hydrogen-bond acceptors (Lipinski definition) is 3. The van der Waals surface area contributed by atoms with Crippen molar-refractivity contribution < 1.29 is 8.42 Å². The third-order valence-electron chi connectivity index (χ3n) is 4.34. The molecule has 2 saturated carbocycles. The summed E-state index contributed by atoms with van der Waals surface area (Å²) in [6.45, 7) is 0.669. The number of rotatable bonds is 5. The van der Waals surface area contributed by atoms with E-state index in [0.29, 0.717) is 28.4 Å². The van der Waals surface area contributed by atoms with Crippen LogP contribution in [0.1, 0.15) is 25.7 Å². The molecule has 2 aliphatic rings. The summed E-state index contributed by atoms with van der Waals surface area (Å²) in [5.74, 6) is 0.552. The van der Waals surface area contributed by atoms with E-state index < -0.39 is 10.0 Å². The average molecular weight is 305 g/mol. The largest absolute Gasteiger partial charge is 0.399 e. The molecule has 5 nitrogen and oxygen atoms in total. The number of fused-ring (bicyclic) bond motifs is 1. The van der Waals surface area contributed by atoms with Gasteiger partial charge in [-0.15, -0.1) is 0 Å². The van der Waals surface area contributed by atoms with E-state index in [4.69, 9.17) is 5.73 Å². The molecule has 2 aromatic rings. The molecule has 1 aromatic carbocycles. The van der Waals surface area contributed by atoms with Crippen molar-refractivity contribution >= 4 is 26.6 Å². The third kappa shape index (κ3) is 2.32. The van der Waals surface area contributed by atoms with Crippen molar-refractivity contribution in [2.45, 2.75) is 36.6 Å². The second kappa shape index (κ2) is 4.48. The van der Waals surface area contributed by atoms with Crippen LogP contribution in [-0.2, 0) is 10.0 Å². The Labute approximate surface area is 124 Å². The van der Waals surface area contributed by atoms with Crippen LogP contribution in [0.25, 0.3) is 10.9 Å². The Morgan fingerprint density at radius 1 is 1.24 bits per heavy atom. The standard InChI is InChI=1S/C15H19N3O2S/c16-11-3-6-14-13(7-11)15(8-17-14)21(19,20)18(12-4-5-12)9-10-1-2-10/h3,6-8,10,12,17H,1-2,4-5,9,16H2. The minimum absolute atomic E-state index is 0.196. The lowest BCUT2D eigenvalue weighted by Gasteiger charge is -2.21. The fraction of sp³-hybridized carbons (Fsp3) is 0.467. The lowest BCUT2D eigenvalue weighted by Crippen LogP contribution is -2.34. The van der Waals surface area contributed by atoms with Gasteiger partial charge in [0.25, 0.3) is 0 Å². The Morgan fingerprint density at radius 3 is 2.67 bits per heavy atom. The zero-order valence-corrected chi connectivity index (χ0v) is 12.6. The fourth-order valence-corrected chi connectivity index (χ4v) is 4.73. The Kier molecular flexibility index (Phi) is 2.81. The number of aromatic nitrogens is 1. The molecule has 0 amide bonds. The molecular formula is C15H19N3O2S. The Hall–Kier alpha value is -1.53. The van der Waals surface area contributed by atoms with E-state index in [2.05, 4.69) is 4.98 Å². The molecule has 6 heteroatoms. The van der Waals surface area contributed by atoms with E-state index in [1.807, 2.05) is 6.07 Å². The van der Waals surface area contributed by atoms with E-state index in [0.717, 1.165) is 31.2 Å². The fourth-order valence-electron chi connectivity index (χ4n) is 2.81. The Balaban J connectivity index is 1.78. The number of hydrogen-bond donors (Lipinski definition) is 2. The number of nitrogens with zero attached hydrogens (tertiary/aromatic N) is 1. The second-order valence-electron chi connectivity index (χ2n) is 6.21. The average Bonchev–Trinajstić information content (AvgIpc) is 3.33. The highest BCUT2D eigenvalue weighted by molar-refractivity contribution is 7.89. The van der Waals surface area contributed by atoms with Crippen LogP contribution < -0.4 is 5.73 Å². The van der Waals surface area contributed by atoms with Gasteiger partial charge in [0.1, 0.15) is 4.90 Å². The van der Waals surface area contributed by atoms with Crippen LogP contribution in [0.5, 0.6) is 0 Å². The monoisotopic (exact) mass is 305 g/mol. The van der Waals surface area contributed by atoms with Crippen molar-refractivity contribution in [1.29, 1.82) is 0 Å². The van der Waals surface area contributed by atoms with Gasteiger partial charge in [-0.05, 0) is 49.8 Å². The predicted octanol–water partition coefficient (Wildman–Crippen LogP) is 2.31. The summed E-state index contributed by atoms with van der Waals surface area (Å²) in [5, 5.41) is 0.691. The number of nitrogens with one attached hydrogen (secondary N) is 1. The molecule has 0 aliphatic heterocycles.